The summed E-state index contributed by atoms with van der Waals surface area (Å²) in [5.41, 5.74) is 0.0152. The standard InChI is InChI=1S/C16H20O3/c1-15(18)9-13(10-16(2,19)11-15)4-3-12-5-7-14(17)8-6-12/h3-9,17-19H,10-11H2,1-2H3. The van der Waals surface area contributed by atoms with Crippen LogP contribution >= 0.6 is 0 Å². The van der Waals surface area contributed by atoms with Gasteiger partial charge in [-0.15, -0.1) is 0 Å². The van der Waals surface area contributed by atoms with Gasteiger partial charge in [0.15, 0.2) is 0 Å². The predicted octanol–water partition coefficient (Wildman–Crippen LogP) is 2.63. The van der Waals surface area contributed by atoms with Gasteiger partial charge in [0.1, 0.15) is 5.75 Å². The van der Waals surface area contributed by atoms with Crippen LogP contribution in [0, 0.1) is 0 Å². The lowest BCUT2D eigenvalue weighted by atomic mass is 9.78. The second kappa shape index (κ2) is 4.83. The summed E-state index contributed by atoms with van der Waals surface area (Å²) < 4.78 is 0. The average Bonchev–Trinajstić information content (AvgIpc) is 2.24. The van der Waals surface area contributed by atoms with Crippen molar-refractivity contribution in [2.75, 3.05) is 0 Å². The van der Waals surface area contributed by atoms with Gasteiger partial charge < -0.3 is 15.3 Å². The van der Waals surface area contributed by atoms with Crippen LogP contribution in [-0.4, -0.2) is 26.5 Å². The minimum Gasteiger partial charge on any atom is -0.508 e. The fourth-order valence-electron chi connectivity index (χ4n) is 2.67. The molecule has 0 heterocycles. The van der Waals surface area contributed by atoms with E-state index in [0.29, 0.717) is 12.8 Å². The summed E-state index contributed by atoms with van der Waals surface area (Å²) in [5, 5.41) is 29.5. The fourth-order valence-corrected chi connectivity index (χ4v) is 2.67. The molecule has 3 nitrogen and oxygen atoms in total. The zero-order valence-corrected chi connectivity index (χ0v) is 11.3. The first-order valence-corrected chi connectivity index (χ1v) is 6.39. The van der Waals surface area contributed by atoms with E-state index in [1.165, 1.54) is 0 Å². The van der Waals surface area contributed by atoms with E-state index in [1.807, 2.05) is 24.3 Å². The molecule has 2 rings (SSSR count). The first-order valence-electron chi connectivity index (χ1n) is 6.39. The molecule has 1 aromatic rings. The molecule has 0 saturated carbocycles. The number of hydrogen-bond acceptors (Lipinski definition) is 3. The van der Waals surface area contributed by atoms with Crippen molar-refractivity contribution in [1.82, 2.24) is 0 Å². The number of hydrogen-bond donors (Lipinski definition) is 3. The third-order valence-corrected chi connectivity index (χ3v) is 3.20. The number of rotatable bonds is 2. The summed E-state index contributed by atoms with van der Waals surface area (Å²) in [6.45, 7) is 3.44. The molecule has 1 aliphatic rings. The van der Waals surface area contributed by atoms with E-state index >= 15 is 0 Å². The summed E-state index contributed by atoms with van der Waals surface area (Å²) >= 11 is 0. The smallest absolute Gasteiger partial charge is 0.115 e. The van der Waals surface area contributed by atoms with Crippen LogP contribution in [0.1, 0.15) is 32.3 Å². The summed E-state index contributed by atoms with van der Waals surface area (Å²) in [6, 6.07) is 6.87. The van der Waals surface area contributed by atoms with Gasteiger partial charge in [-0.05, 0) is 43.2 Å². The first-order chi connectivity index (χ1) is 8.76. The Bertz CT molecular complexity index is 507. The average molecular weight is 260 g/mol. The molecule has 1 aliphatic carbocycles. The van der Waals surface area contributed by atoms with Crippen molar-refractivity contribution in [3.05, 3.63) is 47.6 Å². The molecule has 0 fully saturated rings. The maximum atomic E-state index is 10.1. The SMILES string of the molecule is CC1(O)C=C(C=Cc2ccc(O)cc2)CC(C)(O)C1. The Balaban J connectivity index is 2.18. The van der Waals surface area contributed by atoms with Gasteiger partial charge in [-0.1, -0.05) is 24.3 Å². The Hall–Kier alpha value is -1.58. The Kier molecular flexibility index (Phi) is 3.52. The topological polar surface area (TPSA) is 60.7 Å². The van der Waals surface area contributed by atoms with Crippen molar-refractivity contribution in [3.8, 4) is 5.75 Å². The van der Waals surface area contributed by atoms with Crippen molar-refractivity contribution in [3.63, 3.8) is 0 Å². The van der Waals surface area contributed by atoms with Crippen LogP contribution in [0.2, 0.25) is 0 Å². The quantitative estimate of drug-likeness (QED) is 0.766. The van der Waals surface area contributed by atoms with E-state index in [-0.39, 0.29) is 5.75 Å². The van der Waals surface area contributed by atoms with E-state index < -0.39 is 11.2 Å². The molecule has 0 bridgehead atoms. The normalized spacial score (nSPS) is 31.5. The molecule has 2 atom stereocenters. The van der Waals surface area contributed by atoms with Gasteiger partial charge in [-0.25, -0.2) is 0 Å². The second-order valence-electron chi connectivity index (χ2n) is 5.85. The third kappa shape index (κ3) is 3.94. The molecule has 1 aromatic carbocycles. The molecular formula is C16H20O3. The van der Waals surface area contributed by atoms with Gasteiger partial charge in [-0.2, -0.15) is 0 Å². The van der Waals surface area contributed by atoms with Gasteiger partial charge in [-0.3, -0.25) is 0 Å². The van der Waals surface area contributed by atoms with E-state index in [4.69, 9.17) is 0 Å². The highest BCUT2D eigenvalue weighted by Gasteiger charge is 2.35. The molecule has 0 aliphatic heterocycles. The van der Waals surface area contributed by atoms with Crippen molar-refractivity contribution >= 4 is 6.08 Å². The van der Waals surface area contributed by atoms with Crippen LogP contribution in [-0.2, 0) is 0 Å². The van der Waals surface area contributed by atoms with Gasteiger partial charge in [0.05, 0.1) is 11.2 Å². The zero-order chi connectivity index (χ0) is 14.1. The number of aromatic hydroxyl groups is 1. The van der Waals surface area contributed by atoms with E-state index in [1.54, 1.807) is 32.1 Å². The largest absolute Gasteiger partial charge is 0.508 e. The highest BCUT2D eigenvalue weighted by atomic mass is 16.3. The molecule has 102 valence electrons. The monoisotopic (exact) mass is 260 g/mol. The molecule has 0 aromatic heterocycles. The molecule has 3 N–H and O–H groups in total. The Morgan fingerprint density at radius 1 is 1.05 bits per heavy atom. The summed E-state index contributed by atoms with van der Waals surface area (Å²) in [5.74, 6) is 0.236. The Labute approximate surface area is 113 Å². The number of phenols is 1. The highest BCUT2D eigenvalue weighted by molar-refractivity contribution is 5.54. The van der Waals surface area contributed by atoms with Crippen molar-refractivity contribution in [2.45, 2.75) is 37.9 Å². The van der Waals surface area contributed by atoms with Crippen LogP contribution in [0.4, 0.5) is 0 Å². The number of aliphatic hydroxyl groups is 2. The summed E-state index contributed by atoms with van der Waals surface area (Å²) in [7, 11) is 0. The van der Waals surface area contributed by atoms with E-state index in [2.05, 4.69) is 0 Å². The minimum absolute atomic E-state index is 0.236. The summed E-state index contributed by atoms with van der Waals surface area (Å²) in [4.78, 5) is 0. The highest BCUT2D eigenvalue weighted by Crippen LogP contribution is 2.34. The maximum absolute atomic E-state index is 10.1. The van der Waals surface area contributed by atoms with Gasteiger partial charge in [0.25, 0.3) is 0 Å². The van der Waals surface area contributed by atoms with Crippen molar-refractivity contribution in [1.29, 1.82) is 0 Å². The van der Waals surface area contributed by atoms with Gasteiger partial charge >= 0.3 is 0 Å². The number of phenolic OH excluding ortho intramolecular Hbond substituents is 1. The van der Waals surface area contributed by atoms with Crippen LogP contribution in [0.25, 0.3) is 6.08 Å². The van der Waals surface area contributed by atoms with Crippen molar-refractivity contribution < 1.29 is 15.3 Å². The molecule has 19 heavy (non-hydrogen) atoms. The van der Waals surface area contributed by atoms with E-state index in [9.17, 15) is 15.3 Å². The molecule has 0 radical (unpaired) electrons. The molecule has 0 amide bonds. The summed E-state index contributed by atoms with van der Waals surface area (Å²) in [6.07, 6.45) is 6.47. The van der Waals surface area contributed by atoms with Gasteiger partial charge in [0, 0.05) is 12.8 Å². The number of allylic oxidation sites excluding steroid dienone is 1. The predicted molar refractivity (Wildman–Crippen MR) is 75.7 cm³/mol. The van der Waals surface area contributed by atoms with Crippen LogP contribution < -0.4 is 0 Å². The molecule has 0 saturated heterocycles. The van der Waals surface area contributed by atoms with Crippen LogP contribution in [0.5, 0.6) is 5.75 Å². The van der Waals surface area contributed by atoms with Crippen LogP contribution in [0.3, 0.4) is 0 Å². The third-order valence-electron chi connectivity index (χ3n) is 3.20. The molecule has 2 unspecified atom stereocenters. The zero-order valence-electron chi connectivity index (χ0n) is 11.3. The van der Waals surface area contributed by atoms with E-state index in [0.717, 1.165) is 11.1 Å². The van der Waals surface area contributed by atoms with Gasteiger partial charge in [0.2, 0.25) is 0 Å². The molecule has 3 heteroatoms. The lowest BCUT2D eigenvalue weighted by molar-refractivity contribution is -0.0298. The maximum Gasteiger partial charge on any atom is 0.115 e. The Morgan fingerprint density at radius 3 is 2.26 bits per heavy atom. The fraction of sp³-hybridized carbons (Fsp3) is 0.375. The molecular weight excluding hydrogens is 240 g/mol. The number of benzene rings is 1. The molecule has 0 spiro atoms. The first kappa shape index (κ1) is 13.8. The lowest BCUT2D eigenvalue weighted by Gasteiger charge is -2.36. The minimum atomic E-state index is -0.976. The van der Waals surface area contributed by atoms with Crippen molar-refractivity contribution in [2.24, 2.45) is 0 Å². The lowest BCUT2D eigenvalue weighted by Crippen LogP contribution is -2.40. The van der Waals surface area contributed by atoms with Crippen LogP contribution in [0.15, 0.2) is 42.0 Å². The Morgan fingerprint density at radius 2 is 1.68 bits per heavy atom. The second-order valence-corrected chi connectivity index (χ2v) is 5.85.